The van der Waals surface area contributed by atoms with E-state index in [1.165, 1.54) is 6.33 Å². The van der Waals surface area contributed by atoms with E-state index < -0.39 is 0 Å². The van der Waals surface area contributed by atoms with E-state index in [1.807, 2.05) is 0 Å². The van der Waals surface area contributed by atoms with Gasteiger partial charge in [0.25, 0.3) is 0 Å². The highest BCUT2D eigenvalue weighted by atomic mass is 16.5. The summed E-state index contributed by atoms with van der Waals surface area (Å²) >= 11 is 0. The number of aromatic nitrogens is 2. The number of carbonyl (C=O) groups is 1. The summed E-state index contributed by atoms with van der Waals surface area (Å²) in [4.78, 5) is 21.2. The molecule has 0 spiro atoms. The second kappa shape index (κ2) is 5.73. The van der Waals surface area contributed by atoms with Gasteiger partial charge >= 0.3 is 0 Å². The zero-order valence-electron chi connectivity index (χ0n) is 11.0. The number of amides is 1. The summed E-state index contributed by atoms with van der Waals surface area (Å²) in [5.41, 5.74) is 11.0. The van der Waals surface area contributed by atoms with E-state index in [0.717, 1.165) is 25.9 Å². The molecule has 1 aromatic heterocycles. The van der Waals surface area contributed by atoms with Crippen LogP contribution in [-0.2, 0) is 4.79 Å². The SMILES string of the molecule is COc1c(N)ncnc1N1CCC(CC(N)=O)CC1. The Morgan fingerprint density at radius 2 is 2.16 bits per heavy atom. The number of anilines is 2. The minimum Gasteiger partial charge on any atom is -0.490 e. The molecule has 1 amide bonds. The van der Waals surface area contributed by atoms with Crippen molar-refractivity contribution in [3.05, 3.63) is 6.33 Å². The highest BCUT2D eigenvalue weighted by molar-refractivity contribution is 5.74. The lowest BCUT2D eigenvalue weighted by molar-refractivity contribution is -0.119. The van der Waals surface area contributed by atoms with E-state index >= 15 is 0 Å². The summed E-state index contributed by atoms with van der Waals surface area (Å²) in [5.74, 6) is 1.69. The molecule has 19 heavy (non-hydrogen) atoms. The fraction of sp³-hybridized carbons (Fsp3) is 0.583. The maximum atomic E-state index is 10.9. The minimum absolute atomic E-state index is 0.234. The van der Waals surface area contributed by atoms with Gasteiger partial charge in [0, 0.05) is 19.5 Å². The molecule has 0 aromatic carbocycles. The van der Waals surface area contributed by atoms with Crippen LogP contribution in [0.4, 0.5) is 11.6 Å². The number of hydrogen-bond donors (Lipinski definition) is 2. The van der Waals surface area contributed by atoms with E-state index in [0.29, 0.717) is 29.7 Å². The van der Waals surface area contributed by atoms with Gasteiger partial charge in [-0.3, -0.25) is 4.79 Å². The topological polar surface area (TPSA) is 107 Å². The number of nitrogens with two attached hydrogens (primary N) is 2. The Balaban J connectivity index is 2.05. The molecule has 1 fully saturated rings. The molecule has 7 heteroatoms. The molecule has 0 radical (unpaired) electrons. The van der Waals surface area contributed by atoms with Crippen LogP contribution in [0, 0.1) is 5.92 Å². The van der Waals surface area contributed by atoms with Gasteiger partial charge in [-0.25, -0.2) is 9.97 Å². The number of primary amides is 1. The number of ether oxygens (including phenoxy) is 1. The van der Waals surface area contributed by atoms with Gasteiger partial charge < -0.3 is 21.1 Å². The van der Waals surface area contributed by atoms with Gasteiger partial charge in [0.2, 0.25) is 11.7 Å². The van der Waals surface area contributed by atoms with Crippen LogP contribution in [0.5, 0.6) is 5.75 Å². The molecule has 2 heterocycles. The standard InChI is InChI=1S/C12H19N5O2/c1-19-10-11(14)15-7-16-12(10)17-4-2-8(3-5-17)6-9(13)18/h7-8H,2-6H2,1H3,(H2,13,18)(H2,14,15,16). The average molecular weight is 265 g/mol. The first-order valence-corrected chi connectivity index (χ1v) is 6.29. The summed E-state index contributed by atoms with van der Waals surface area (Å²) in [5, 5.41) is 0. The lowest BCUT2D eigenvalue weighted by Gasteiger charge is -2.33. The van der Waals surface area contributed by atoms with Crippen LogP contribution in [-0.4, -0.2) is 36.1 Å². The van der Waals surface area contributed by atoms with Gasteiger partial charge in [0.1, 0.15) is 6.33 Å². The van der Waals surface area contributed by atoms with Crippen molar-refractivity contribution in [1.29, 1.82) is 0 Å². The third-order valence-electron chi connectivity index (χ3n) is 3.42. The van der Waals surface area contributed by atoms with Gasteiger partial charge in [-0.1, -0.05) is 0 Å². The van der Waals surface area contributed by atoms with E-state index in [9.17, 15) is 4.79 Å². The van der Waals surface area contributed by atoms with Crippen LogP contribution in [0.25, 0.3) is 0 Å². The van der Waals surface area contributed by atoms with Crippen LogP contribution >= 0.6 is 0 Å². The number of rotatable bonds is 4. The Hall–Kier alpha value is -2.05. The molecule has 0 bridgehead atoms. The first-order chi connectivity index (χ1) is 9.11. The van der Waals surface area contributed by atoms with Gasteiger partial charge in [0.15, 0.2) is 11.6 Å². The molecule has 0 aliphatic carbocycles. The van der Waals surface area contributed by atoms with Crippen LogP contribution in [0.15, 0.2) is 6.33 Å². The fourth-order valence-corrected chi connectivity index (χ4v) is 2.43. The van der Waals surface area contributed by atoms with E-state index in [1.54, 1.807) is 7.11 Å². The summed E-state index contributed by atoms with van der Waals surface area (Å²) in [6.45, 7) is 1.62. The normalized spacial score (nSPS) is 16.4. The van der Waals surface area contributed by atoms with Crippen molar-refractivity contribution >= 4 is 17.5 Å². The Morgan fingerprint density at radius 3 is 2.74 bits per heavy atom. The number of nitrogen functional groups attached to an aromatic ring is 1. The molecule has 1 aromatic rings. The molecule has 0 unspecified atom stereocenters. The van der Waals surface area contributed by atoms with Crippen molar-refractivity contribution in [2.75, 3.05) is 30.8 Å². The molecule has 104 valence electrons. The van der Waals surface area contributed by atoms with Crippen LogP contribution in [0.3, 0.4) is 0 Å². The van der Waals surface area contributed by atoms with Crippen LogP contribution in [0.1, 0.15) is 19.3 Å². The number of nitrogens with zero attached hydrogens (tertiary/aromatic N) is 3. The maximum Gasteiger partial charge on any atom is 0.217 e. The predicted octanol–water partition coefficient (Wildman–Crippen LogP) is 0.159. The van der Waals surface area contributed by atoms with E-state index in [4.69, 9.17) is 16.2 Å². The summed E-state index contributed by atoms with van der Waals surface area (Å²) in [6.07, 6.45) is 3.71. The third kappa shape index (κ3) is 3.04. The van der Waals surface area contributed by atoms with Crippen LogP contribution in [0.2, 0.25) is 0 Å². The molecule has 0 atom stereocenters. The molecule has 1 saturated heterocycles. The van der Waals surface area contributed by atoms with Crippen LogP contribution < -0.4 is 21.1 Å². The van der Waals surface area contributed by atoms with Gasteiger partial charge in [-0.15, -0.1) is 0 Å². The highest BCUT2D eigenvalue weighted by Gasteiger charge is 2.24. The van der Waals surface area contributed by atoms with E-state index in [2.05, 4.69) is 14.9 Å². The molecule has 1 aliphatic heterocycles. The lowest BCUT2D eigenvalue weighted by atomic mass is 9.93. The Bertz CT molecular complexity index is 457. The zero-order valence-corrected chi connectivity index (χ0v) is 11.0. The summed E-state index contributed by atoms with van der Waals surface area (Å²) in [6, 6.07) is 0. The fourth-order valence-electron chi connectivity index (χ4n) is 2.43. The van der Waals surface area contributed by atoms with Crippen molar-refractivity contribution in [2.24, 2.45) is 11.7 Å². The van der Waals surface area contributed by atoms with Gasteiger partial charge in [-0.05, 0) is 18.8 Å². The second-order valence-electron chi connectivity index (χ2n) is 4.72. The highest BCUT2D eigenvalue weighted by Crippen LogP contribution is 2.32. The van der Waals surface area contributed by atoms with Crippen molar-refractivity contribution < 1.29 is 9.53 Å². The zero-order chi connectivity index (χ0) is 13.8. The average Bonchev–Trinajstić information content (AvgIpc) is 2.38. The second-order valence-corrected chi connectivity index (χ2v) is 4.72. The first kappa shape index (κ1) is 13.4. The van der Waals surface area contributed by atoms with Gasteiger partial charge in [0.05, 0.1) is 7.11 Å². The number of piperidine rings is 1. The van der Waals surface area contributed by atoms with Crippen molar-refractivity contribution in [3.63, 3.8) is 0 Å². The van der Waals surface area contributed by atoms with E-state index in [-0.39, 0.29) is 5.91 Å². The molecule has 0 saturated carbocycles. The van der Waals surface area contributed by atoms with Crippen molar-refractivity contribution in [2.45, 2.75) is 19.3 Å². The first-order valence-electron chi connectivity index (χ1n) is 6.29. The minimum atomic E-state index is -0.234. The number of hydrogen-bond acceptors (Lipinski definition) is 6. The molecule has 1 aliphatic rings. The monoisotopic (exact) mass is 265 g/mol. The lowest BCUT2D eigenvalue weighted by Crippen LogP contribution is -2.35. The molecular weight excluding hydrogens is 246 g/mol. The van der Waals surface area contributed by atoms with Crippen molar-refractivity contribution in [1.82, 2.24) is 9.97 Å². The molecular formula is C12H19N5O2. The Labute approximate surface area is 111 Å². The molecule has 2 rings (SSSR count). The van der Waals surface area contributed by atoms with Crippen molar-refractivity contribution in [3.8, 4) is 5.75 Å². The maximum absolute atomic E-state index is 10.9. The Kier molecular flexibility index (Phi) is 4.03. The van der Waals surface area contributed by atoms with Gasteiger partial charge in [-0.2, -0.15) is 0 Å². The summed E-state index contributed by atoms with van der Waals surface area (Å²) < 4.78 is 5.25. The third-order valence-corrected chi connectivity index (χ3v) is 3.42. The Morgan fingerprint density at radius 1 is 1.47 bits per heavy atom. The summed E-state index contributed by atoms with van der Waals surface area (Å²) in [7, 11) is 1.55. The predicted molar refractivity (Wildman–Crippen MR) is 71.7 cm³/mol. The molecule has 4 N–H and O–H groups in total. The largest absolute Gasteiger partial charge is 0.490 e. The smallest absolute Gasteiger partial charge is 0.217 e. The quantitative estimate of drug-likeness (QED) is 0.803. The number of carbonyl (C=O) groups excluding carboxylic acids is 1. The molecule has 7 nitrogen and oxygen atoms in total. The number of methoxy groups -OCH3 is 1.